The van der Waals surface area contributed by atoms with Crippen molar-refractivity contribution in [2.75, 3.05) is 19.5 Å². The predicted octanol–water partition coefficient (Wildman–Crippen LogP) is 4.68. The Labute approximate surface area is 167 Å². The summed E-state index contributed by atoms with van der Waals surface area (Å²) in [5, 5.41) is 7.57. The summed E-state index contributed by atoms with van der Waals surface area (Å²) in [6.07, 6.45) is 1.42. The molecular formula is C21H19ClN2O4. The number of rotatable bonds is 6. The minimum atomic E-state index is -0.683. The van der Waals surface area contributed by atoms with Crippen molar-refractivity contribution in [1.82, 2.24) is 5.16 Å². The maximum absolute atomic E-state index is 12.9. The second-order valence-electron chi connectivity index (χ2n) is 6.66. The maximum Gasteiger partial charge on any atom is 0.236 e. The average Bonchev–Trinajstić information content (AvgIpc) is 3.39. The Balaban J connectivity index is 1.59. The number of ether oxygens (including phenoxy) is 2. The fraction of sp³-hybridized carbons (Fsp3) is 0.238. The van der Waals surface area contributed by atoms with Crippen LogP contribution in [0.15, 0.2) is 53.1 Å². The molecule has 1 amide bonds. The van der Waals surface area contributed by atoms with Gasteiger partial charge in [0.2, 0.25) is 5.91 Å². The number of amides is 1. The van der Waals surface area contributed by atoms with Crippen molar-refractivity contribution >= 4 is 23.2 Å². The standard InChI is InChI=1S/C21H19ClN2O4/c1-26-16-8-7-13(11-18(16)27-2)17-12-19(24-28-17)21(9-10-21)20(25)23-15-6-4-3-5-14(15)22/h3-8,11-12H,9-10H2,1-2H3,(H,23,25). The number of methoxy groups -OCH3 is 2. The van der Waals surface area contributed by atoms with Gasteiger partial charge in [-0.2, -0.15) is 0 Å². The van der Waals surface area contributed by atoms with Crippen LogP contribution in [0.5, 0.6) is 11.5 Å². The highest BCUT2D eigenvalue weighted by atomic mass is 35.5. The van der Waals surface area contributed by atoms with Gasteiger partial charge in [-0.1, -0.05) is 28.9 Å². The van der Waals surface area contributed by atoms with Crippen LogP contribution in [0.3, 0.4) is 0 Å². The van der Waals surface area contributed by atoms with E-state index in [0.29, 0.717) is 46.5 Å². The minimum absolute atomic E-state index is 0.132. The van der Waals surface area contributed by atoms with Crippen molar-refractivity contribution in [2.45, 2.75) is 18.3 Å². The normalized spacial score (nSPS) is 14.4. The number of hydrogen-bond donors (Lipinski definition) is 1. The van der Waals surface area contributed by atoms with Gasteiger partial charge in [0.05, 0.1) is 36.0 Å². The van der Waals surface area contributed by atoms with Crippen LogP contribution < -0.4 is 14.8 Å². The summed E-state index contributed by atoms with van der Waals surface area (Å²) in [4.78, 5) is 12.9. The first-order valence-electron chi connectivity index (χ1n) is 8.83. The van der Waals surface area contributed by atoms with Crippen LogP contribution in [0, 0.1) is 0 Å². The number of carbonyl (C=O) groups excluding carboxylic acids is 1. The van der Waals surface area contributed by atoms with Crippen molar-refractivity contribution in [3.8, 4) is 22.8 Å². The Kier molecular flexibility index (Phi) is 4.73. The van der Waals surface area contributed by atoms with Gasteiger partial charge >= 0.3 is 0 Å². The monoisotopic (exact) mass is 398 g/mol. The fourth-order valence-corrected chi connectivity index (χ4v) is 3.34. The summed E-state index contributed by atoms with van der Waals surface area (Å²) < 4.78 is 16.1. The highest BCUT2D eigenvalue weighted by Gasteiger charge is 2.54. The molecule has 0 saturated heterocycles. The number of benzene rings is 2. The molecule has 6 nitrogen and oxygen atoms in total. The van der Waals surface area contributed by atoms with E-state index in [4.69, 9.17) is 25.6 Å². The lowest BCUT2D eigenvalue weighted by Crippen LogP contribution is -2.28. The molecule has 1 saturated carbocycles. The largest absolute Gasteiger partial charge is 0.493 e. The van der Waals surface area contributed by atoms with Gasteiger partial charge in [-0.3, -0.25) is 4.79 Å². The van der Waals surface area contributed by atoms with Crippen molar-refractivity contribution in [3.63, 3.8) is 0 Å². The molecule has 0 aliphatic heterocycles. The molecule has 4 rings (SSSR count). The first-order chi connectivity index (χ1) is 13.6. The molecular weight excluding hydrogens is 380 g/mol. The lowest BCUT2D eigenvalue weighted by Gasteiger charge is -2.13. The molecule has 3 aromatic rings. The molecule has 1 aliphatic rings. The second kappa shape index (κ2) is 7.20. The topological polar surface area (TPSA) is 73.6 Å². The number of nitrogens with one attached hydrogen (secondary N) is 1. The number of para-hydroxylation sites is 1. The fourth-order valence-electron chi connectivity index (χ4n) is 3.16. The van der Waals surface area contributed by atoms with Gasteiger partial charge in [0.25, 0.3) is 0 Å². The van der Waals surface area contributed by atoms with E-state index in [9.17, 15) is 4.79 Å². The Morgan fingerprint density at radius 1 is 1.11 bits per heavy atom. The summed E-state index contributed by atoms with van der Waals surface area (Å²) in [7, 11) is 3.16. The number of nitrogens with zero attached hydrogens (tertiary/aromatic N) is 1. The second-order valence-corrected chi connectivity index (χ2v) is 7.07. The lowest BCUT2D eigenvalue weighted by atomic mass is 10.00. The molecule has 1 fully saturated rings. The summed E-state index contributed by atoms with van der Waals surface area (Å²) in [6, 6.07) is 14.4. The van der Waals surface area contributed by atoms with Crippen molar-refractivity contribution < 1.29 is 18.8 Å². The van der Waals surface area contributed by atoms with Crippen LogP contribution >= 0.6 is 11.6 Å². The van der Waals surface area contributed by atoms with Crippen LogP contribution in [0.2, 0.25) is 5.02 Å². The Bertz CT molecular complexity index is 1030. The summed E-state index contributed by atoms with van der Waals surface area (Å²) in [5.74, 6) is 1.65. The molecule has 1 aromatic heterocycles. The van der Waals surface area contributed by atoms with Gasteiger partial charge in [0.1, 0.15) is 0 Å². The lowest BCUT2D eigenvalue weighted by molar-refractivity contribution is -0.118. The molecule has 0 radical (unpaired) electrons. The van der Waals surface area contributed by atoms with E-state index in [0.717, 1.165) is 5.56 Å². The van der Waals surface area contributed by atoms with Crippen LogP contribution in [-0.2, 0) is 10.2 Å². The number of aromatic nitrogens is 1. The predicted molar refractivity (Wildman–Crippen MR) is 106 cm³/mol. The van der Waals surface area contributed by atoms with Gasteiger partial charge in [-0.05, 0) is 43.2 Å². The number of carbonyl (C=O) groups is 1. The van der Waals surface area contributed by atoms with Crippen LogP contribution in [0.25, 0.3) is 11.3 Å². The molecule has 1 aliphatic carbocycles. The quantitative estimate of drug-likeness (QED) is 0.652. The third kappa shape index (κ3) is 3.20. The Hall–Kier alpha value is -2.99. The van der Waals surface area contributed by atoms with Crippen molar-refractivity contribution in [2.24, 2.45) is 0 Å². The zero-order chi connectivity index (χ0) is 19.7. The first-order valence-corrected chi connectivity index (χ1v) is 9.21. The smallest absolute Gasteiger partial charge is 0.236 e. The van der Waals surface area contributed by atoms with Gasteiger partial charge in [-0.15, -0.1) is 0 Å². The molecule has 1 N–H and O–H groups in total. The Morgan fingerprint density at radius 2 is 1.86 bits per heavy atom. The summed E-state index contributed by atoms with van der Waals surface area (Å²) in [5.41, 5.74) is 1.31. The molecule has 0 unspecified atom stereocenters. The average molecular weight is 399 g/mol. The highest BCUT2D eigenvalue weighted by Crippen LogP contribution is 2.49. The van der Waals surface area contributed by atoms with Gasteiger partial charge in [-0.25, -0.2) is 0 Å². The highest BCUT2D eigenvalue weighted by molar-refractivity contribution is 6.33. The van der Waals surface area contributed by atoms with Gasteiger partial charge in [0, 0.05) is 11.6 Å². The molecule has 0 atom stereocenters. The summed E-state index contributed by atoms with van der Waals surface area (Å²) >= 11 is 6.15. The van der Waals surface area contributed by atoms with E-state index in [1.54, 1.807) is 38.5 Å². The number of hydrogen-bond acceptors (Lipinski definition) is 5. The van der Waals surface area contributed by atoms with Crippen molar-refractivity contribution in [3.05, 3.63) is 59.2 Å². The maximum atomic E-state index is 12.9. The molecule has 2 aromatic carbocycles. The molecule has 0 spiro atoms. The van der Waals surface area contributed by atoms with Crippen LogP contribution in [-0.4, -0.2) is 25.3 Å². The van der Waals surface area contributed by atoms with E-state index < -0.39 is 5.41 Å². The van der Waals surface area contributed by atoms with E-state index in [1.165, 1.54) is 0 Å². The van der Waals surface area contributed by atoms with Crippen LogP contribution in [0.1, 0.15) is 18.5 Å². The van der Waals surface area contributed by atoms with E-state index in [1.807, 2.05) is 24.3 Å². The third-order valence-electron chi connectivity index (χ3n) is 4.98. The molecule has 144 valence electrons. The van der Waals surface area contributed by atoms with Crippen LogP contribution in [0.4, 0.5) is 5.69 Å². The van der Waals surface area contributed by atoms with Gasteiger partial charge in [0.15, 0.2) is 17.3 Å². The van der Waals surface area contributed by atoms with Gasteiger partial charge < -0.3 is 19.3 Å². The van der Waals surface area contributed by atoms with E-state index >= 15 is 0 Å². The Morgan fingerprint density at radius 3 is 2.54 bits per heavy atom. The molecule has 7 heteroatoms. The van der Waals surface area contributed by atoms with E-state index in [-0.39, 0.29) is 5.91 Å². The molecule has 0 bridgehead atoms. The molecule has 1 heterocycles. The van der Waals surface area contributed by atoms with E-state index in [2.05, 4.69) is 10.5 Å². The number of halogens is 1. The summed E-state index contributed by atoms with van der Waals surface area (Å²) in [6.45, 7) is 0. The first kappa shape index (κ1) is 18.4. The molecule has 28 heavy (non-hydrogen) atoms. The SMILES string of the molecule is COc1ccc(-c2cc(C3(C(=O)Nc4ccccc4Cl)CC3)no2)cc1OC. The third-order valence-corrected chi connectivity index (χ3v) is 5.30. The zero-order valence-electron chi connectivity index (χ0n) is 15.5. The minimum Gasteiger partial charge on any atom is -0.493 e. The zero-order valence-corrected chi connectivity index (χ0v) is 16.2. The van der Waals surface area contributed by atoms with Crippen molar-refractivity contribution in [1.29, 1.82) is 0 Å². The number of anilines is 1.